The molecule has 1 N–H and O–H groups in total. The van der Waals surface area contributed by atoms with Crippen molar-refractivity contribution in [1.82, 2.24) is 10.2 Å². The molecule has 1 saturated heterocycles. The van der Waals surface area contributed by atoms with Crippen LogP contribution in [0.5, 0.6) is 17.2 Å². The summed E-state index contributed by atoms with van der Waals surface area (Å²) in [6.45, 7) is 6.78. The van der Waals surface area contributed by atoms with Crippen LogP contribution in [0.25, 0.3) is 5.76 Å². The monoisotopic (exact) mass is 599 g/mol. The number of benzene rings is 3. The Hall–Kier alpha value is -4.70. The van der Waals surface area contributed by atoms with Crippen molar-refractivity contribution in [1.29, 1.82) is 0 Å². The molecule has 1 amide bonds. The number of carbonyl (C=O) groups excluding carboxylic acids is 2. The minimum Gasteiger partial charge on any atom is -0.507 e. The van der Waals surface area contributed by atoms with Gasteiger partial charge < -0.3 is 19.3 Å². The number of ether oxygens (including phenoxy) is 3. The van der Waals surface area contributed by atoms with E-state index in [4.69, 9.17) is 14.2 Å². The molecule has 43 heavy (non-hydrogen) atoms. The van der Waals surface area contributed by atoms with E-state index in [0.717, 1.165) is 24.0 Å². The van der Waals surface area contributed by atoms with Crippen molar-refractivity contribution in [2.24, 2.45) is 0 Å². The first-order valence-electron chi connectivity index (χ1n) is 14.0. The predicted octanol–water partition coefficient (Wildman–Crippen LogP) is 6.55. The minimum absolute atomic E-state index is 0.0620. The zero-order chi connectivity index (χ0) is 30.5. The number of aliphatic hydroxyl groups excluding tert-OH is 1. The maximum Gasteiger partial charge on any atom is 0.301 e. The Morgan fingerprint density at radius 3 is 2.44 bits per heavy atom. The van der Waals surface area contributed by atoms with Gasteiger partial charge in [-0.25, -0.2) is 0 Å². The van der Waals surface area contributed by atoms with E-state index < -0.39 is 17.7 Å². The SMILES string of the molecule is CCCCOc1ccc(C2C(=C(O)c3ccc(OCc4cccc(C)c4)cc3)C(=O)C(=O)N2c2nnc(C)s2)cc1OC. The third-order valence-corrected chi connectivity index (χ3v) is 7.88. The van der Waals surface area contributed by atoms with E-state index in [1.165, 1.54) is 23.3 Å². The van der Waals surface area contributed by atoms with E-state index in [2.05, 4.69) is 23.2 Å². The van der Waals surface area contributed by atoms with Gasteiger partial charge in [-0.05, 0) is 67.8 Å². The van der Waals surface area contributed by atoms with E-state index in [-0.39, 0.29) is 16.5 Å². The van der Waals surface area contributed by atoms with Crippen LogP contribution in [0.15, 0.2) is 72.3 Å². The Bertz CT molecular complexity index is 1660. The molecule has 0 saturated carbocycles. The quantitative estimate of drug-likeness (QED) is 0.0895. The van der Waals surface area contributed by atoms with Crippen LogP contribution in [-0.2, 0) is 16.2 Å². The molecule has 3 aromatic carbocycles. The summed E-state index contributed by atoms with van der Waals surface area (Å²) in [7, 11) is 1.53. The summed E-state index contributed by atoms with van der Waals surface area (Å²) in [6, 6.07) is 19.1. The third kappa shape index (κ3) is 6.39. The first-order chi connectivity index (χ1) is 20.8. The van der Waals surface area contributed by atoms with Crippen molar-refractivity contribution in [2.45, 2.75) is 46.3 Å². The highest BCUT2D eigenvalue weighted by Crippen LogP contribution is 2.44. The van der Waals surface area contributed by atoms with Crippen LogP contribution in [0.3, 0.4) is 0 Å². The maximum absolute atomic E-state index is 13.5. The van der Waals surface area contributed by atoms with Crippen LogP contribution < -0.4 is 19.1 Å². The molecule has 5 rings (SSSR count). The Morgan fingerprint density at radius 2 is 1.77 bits per heavy atom. The first-order valence-corrected chi connectivity index (χ1v) is 14.8. The van der Waals surface area contributed by atoms with E-state index in [0.29, 0.717) is 46.6 Å². The number of ketones is 1. The van der Waals surface area contributed by atoms with Gasteiger partial charge in [0.1, 0.15) is 23.1 Å². The van der Waals surface area contributed by atoms with Gasteiger partial charge in [0.25, 0.3) is 5.78 Å². The number of aliphatic hydroxyl groups is 1. The largest absolute Gasteiger partial charge is 0.507 e. The summed E-state index contributed by atoms with van der Waals surface area (Å²) in [5.41, 5.74) is 3.04. The number of hydrogen-bond donors (Lipinski definition) is 1. The number of aryl methyl sites for hydroxylation is 2. The lowest BCUT2D eigenvalue weighted by atomic mass is 9.95. The number of rotatable bonds is 11. The molecule has 0 bridgehead atoms. The molecular weight excluding hydrogens is 566 g/mol. The van der Waals surface area contributed by atoms with Gasteiger partial charge in [0.15, 0.2) is 11.5 Å². The fourth-order valence-corrected chi connectivity index (χ4v) is 5.58. The van der Waals surface area contributed by atoms with Crippen LogP contribution >= 0.6 is 11.3 Å². The molecule has 1 aliphatic heterocycles. The molecule has 0 spiro atoms. The molecule has 1 aromatic heterocycles. The number of Topliss-reactive ketones (excluding diaryl/α,β-unsaturated/α-hetero) is 1. The summed E-state index contributed by atoms with van der Waals surface area (Å²) in [6.07, 6.45) is 1.87. The number of unbranched alkanes of at least 4 members (excludes halogenated alkanes) is 1. The van der Waals surface area contributed by atoms with Crippen LogP contribution in [0.4, 0.5) is 5.13 Å². The Balaban J connectivity index is 1.51. The molecule has 1 unspecified atom stereocenters. The molecule has 222 valence electrons. The van der Waals surface area contributed by atoms with Gasteiger partial charge in [-0.3, -0.25) is 14.5 Å². The highest BCUT2D eigenvalue weighted by atomic mass is 32.1. The fraction of sp³-hybridized carbons (Fsp3) is 0.273. The lowest BCUT2D eigenvalue weighted by Gasteiger charge is -2.23. The van der Waals surface area contributed by atoms with E-state index in [1.807, 2.05) is 25.1 Å². The third-order valence-electron chi connectivity index (χ3n) is 7.04. The smallest absolute Gasteiger partial charge is 0.301 e. The lowest BCUT2D eigenvalue weighted by Crippen LogP contribution is -2.29. The Labute approximate surface area is 254 Å². The van der Waals surface area contributed by atoms with Crippen molar-refractivity contribution in [3.8, 4) is 17.2 Å². The van der Waals surface area contributed by atoms with Crippen molar-refractivity contribution >= 4 is 33.9 Å². The van der Waals surface area contributed by atoms with Crippen molar-refractivity contribution < 1.29 is 28.9 Å². The normalized spacial score (nSPS) is 16.0. The second-order valence-electron chi connectivity index (χ2n) is 10.2. The lowest BCUT2D eigenvalue weighted by molar-refractivity contribution is -0.132. The van der Waals surface area contributed by atoms with Gasteiger partial charge in [-0.15, -0.1) is 10.2 Å². The van der Waals surface area contributed by atoms with Gasteiger partial charge in [0.05, 0.1) is 25.3 Å². The average molecular weight is 600 g/mol. The van der Waals surface area contributed by atoms with Crippen LogP contribution in [-0.4, -0.2) is 40.7 Å². The van der Waals surface area contributed by atoms with Crippen molar-refractivity contribution in [3.05, 3.63) is 99.6 Å². The topological polar surface area (TPSA) is 111 Å². The first kappa shape index (κ1) is 29.8. The van der Waals surface area contributed by atoms with Crippen molar-refractivity contribution in [2.75, 3.05) is 18.6 Å². The summed E-state index contributed by atoms with van der Waals surface area (Å²) in [4.78, 5) is 28.2. The van der Waals surface area contributed by atoms with Crippen molar-refractivity contribution in [3.63, 3.8) is 0 Å². The summed E-state index contributed by atoms with van der Waals surface area (Å²) in [5, 5.41) is 20.6. The van der Waals surface area contributed by atoms with Gasteiger partial charge in [-0.1, -0.05) is 60.6 Å². The van der Waals surface area contributed by atoms with Gasteiger partial charge in [0, 0.05) is 5.56 Å². The molecule has 0 radical (unpaired) electrons. The second-order valence-corrected chi connectivity index (χ2v) is 11.3. The molecular formula is C33H33N3O6S. The Morgan fingerprint density at radius 1 is 0.977 bits per heavy atom. The average Bonchev–Trinajstić information content (AvgIpc) is 3.55. The summed E-state index contributed by atoms with van der Waals surface area (Å²) < 4.78 is 17.4. The number of aromatic nitrogens is 2. The van der Waals surface area contributed by atoms with Crippen LogP contribution in [0.1, 0.15) is 53.1 Å². The summed E-state index contributed by atoms with van der Waals surface area (Å²) >= 11 is 1.19. The molecule has 4 aromatic rings. The van der Waals surface area contributed by atoms with Gasteiger partial charge in [-0.2, -0.15) is 0 Å². The minimum atomic E-state index is -0.969. The van der Waals surface area contributed by atoms with Crippen LogP contribution in [0, 0.1) is 13.8 Å². The second kappa shape index (κ2) is 13.1. The molecule has 0 aliphatic carbocycles. The highest BCUT2D eigenvalue weighted by molar-refractivity contribution is 7.15. The summed E-state index contributed by atoms with van der Waals surface area (Å²) in [5.74, 6) is -0.338. The molecule has 1 atom stereocenters. The number of carbonyl (C=O) groups is 2. The van der Waals surface area contributed by atoms with Gasteiger partial charge in [0.2, 0.25) is 5.13 Å². The number of methoxy groups -OCH3 is 1. The molecule has 2 heterocycles. The maximum atomic E-state index is 13.5. The van der Waals surface area contributed by atoms with Gasteiger partial charge >= 0.3 is 5.91 Å². The van der Waals surface area contributed by atoms with E-state index in [1.54, 1.807) is 49.4 Å². The number of anilines is 1. The van der Waals surface area contributed by atoms with Crippen LogP contribution in [0.2, 0.25) is 0 Å². The zero-order valence-corrected chi connectivity index (χ0v) is 25.3. The fourth-order valence-electron chi connectivity index (χ4n) is 4.86. The number of nitrogens with zero attached hydrogens (tertiary/aromatic N) is 3. The number of hydrogen-bond acceptors (Lipinski definition) is 9. The van der Waals surface area contributed by atoms with E-state index in [9.17, 15) is 14.7 Å². The zero-order valence-electron chi connectivity index (χ0n) is 24.5. The van der Waals surface area contributed by atoms with E-state index >= 15 is 0 Å². The standard InChI is InChI=1S/C33H33N3O6S/c1-5-6-16-41-26-15-12-24(18-27(26)40-4)29-28(31(38)32(39)36(29)33-35-34-21(3)43-33)30(37)23-10-13-25(14-11-23)42-19-22-9-7-8-20(2)17-22/h7-15,17-18,29,37H,5-6,16,19H2,1-4H3. The molecule has 1 aliphatic rings. The Kier molecular flexibility index (Phi) is 9.06. The molecule has 1 fully saturated rings. The highest BCUT2D eigenvalue weighted by Gasteiger charge is 2.48. The molecule has 10 heteroatoms. The molecule has 9 nitrogen and oxygen atoms in total. The number of amides is 1. The predicted molar refractivity (Wildman–Crippen MR) is 165 cm³/mol.